The molecule has 2 atom stereocenters. The summed E-state index contributed by atoms with van der Waals surface area (Å²) in [5.74, 6) is 0.942. The molecular weight excluding hydrogens is 689 g/mol. The fourth-order valence-electron chi connectivity index (χ4n) is 8.85. The second-order valence-corrected chi connectivity index (χ2v) is 17.4. The molecule has 2 nitrogen and oxygen atoms in total. The van der Waals surface area contributed by atoms with Crippen LogP contribution in [0.5, 0.6) is 0 Å². The van der Waals surface area contributed by atoms with Crippen LogP contribution in [0.2, 0.25) is 0 Å². The SMILES string of the molecule is CCCCCCC(c1ccc(N)cc1)c1ccc(CCCCCCCCCCCCCCCCCc2ccc(C(CCCCCC)c3ccc(N)cc3)cc2)cc1. The van der Waals surface area contributed by atoms with E-state index in [9.17, 15) is 0 Å². The van der Waals surface area contributed by atoms with Gasteiger partial charge in [-0.15, -0.1) is 0 Å². The van der Waals surface area contributed by atoms with Gasteiger partial charge in [0.2, 0.25) is 0 Å². The van der Waals surface area contributed by atoms with Crippen molar-refractivity contribution < 1.29 is 0 Å². The predicted octanol–water partition coefficient (Wildman–Crippen LogP) is 16.7. The first kappa shape index (κ1) is 46.2. The lowest BCUT2D eigenvalue weighted by molar-refractivity contribution is 0.530. The highest BCUT2D eigenvalue weighted by Crippen LogP contribution is 2.33. The molecule has 0 saturated heterocycles. The molecule has 0 amide bonds. The van der Waals surface area contributed by atoms with Gasteiger partial charge in [0, 0.05) is 23.2 Å². The quantitative estimate of drug-likeness (QED) is 0.0384. The Bertz CT molecular complexity index is 1420. The van der Waals surface area contributed by atoms with E-state index in [0.717, 1.165) is 11.4 Å². The predicted molar refractivity (Wildman–Crippen MR) is 252 cm³/mol. The molecule has 0 heterocycles. The van der Waals surface area contributed by atoms with Gasteiger partial charge in [0.05, 0.1) is 0 Å². The molecule has 4 aromatic carbocycles. The van der Waals surface area contributed by atoms with Crippen LogP contribution >= 0.6 is 0 Å². The molecule has 0 spiro atoms. The van der Waals surface area contributed by atoms with Gasteiger partial charge in [0.25, 0.3) is 0 Å². The Kier molecular flexibility index (Phi) is 23.3. The lowest BCUT2D eigenvalue weighted by atomic mass is 9.86. The fraction of sp³-hybridized carbons (Fsp3) is 0.564. The number of hydrogen-bond acceptors (Lipinski definition) is 2. The molecule has 57 heavy (non-hydrogen) atoms. The van der Waals surface area contributed by atoms with Gasteiger partial charge in [0.15, 0.2) is 0 Å². The van der Waals surface area contributed by atoms with Crippen LogP contribution in [-0.2, 0) is 12.8 Å². The topological polar surface area (TPSA) is 52.0 Å². The molecule has 4 rings (SSSR count). The Morgan fingerprint density at radius 1 is 0.298 bits per heavy atom. The van der Waals surface area contributed by atoms with E-state index in [1.54, 1.807) is 0 Å². The zero-order chi connectivity index (χ0) is 40.2. The van der Waals surface area contributed by atoms with Crippen molar-refractivity contribution in [2.45, 2.75) is 199 Å². The summed E-state index contributed by atoms with van der Waals surface area (Å²) in [5.41, 5.74) is 22.4. The molecule has 0 aliphatic carbocycles. The van der Waals surface area contributed by atoms with E-state index in [1.165, 1.54) is 207 Å². The molecule has 2 heteroatoms. The number of nitrogen functional groups attached to an aromatic ring is 2. The van der Waals surface area contributed by atoms with Gasteiger partial charge in [-0.1, -0.05) is 221 Å². The van der Waals surface area contributed by atoms with Crippen LogP contribution in [0.4, 0.5) is 11.4 Å². The molecule has 0 fully saturated rings. The van der Waals surface area contributed by atoms with E-state index in [4.69, 9.17) is 11.5 Å². The second-order valence-electron chi connectivity index (χ2n) is 17.4. The minimum absolute atomic E-state index is 0.471. The Labute approximate surface area is 351 Å². The van der Waals surface area contributed by atoms with Gasteiger partial charge >= 0.3 is 0 Å². The molecule has 0 aliphatic heterocycles. The van der Waals surface area contributed by atoms with Crippen molar-refractivity contribution in [2.24, 2.45) is 0 Å². The first-order valence-corrected chi connectivity index (χ1v) is 24.0. The zero-order valence-electron chi connectivity index (χ0n) is 36.6. The number of nitrogens with two attached hydrogens (primary N) is 2. The van der Waals surface area contributed by atoms with Gasteiger partial charge in [0.1, 0.15) is 0 Å². The van der Waals surface area contributed by atoms with Crippen molar-refractivity contribution in [3.05, 3.63) is 130 Å². The lowest BCUT2D eigenvalue weighted by Crippen LogP contribution is -2.02. The standard InChI is InChI=1S/C55H82N2/c1-3-5-7-24-28-54(50-38-42-52(56)43-39-50)48-34-30-46(31-35-48)26-22-20-18-16-14-12-10-9-11-13-15-17-19-21-23-27-47-32-36-49(37-33-47)55(29-25-8-6-4-2)51-40-44-53(57)45-41-51/h30-45,54-55H,3-29,56-57H2,1-2H3. The average molecular weight is 771 g/mol. The maximum atomic E-state index is 6.00. The van der Waals surface area contributed by atoms with Gasteiger partial charge in [-0.05, 0) is 96.2 Å². The molecule has 0 radical (unpaired) electrons. The van der Waals surface area contributed by atoms with Crippen LogP contribution in [0.25, 0.3) is 0 Å². The summed E-state index contributed by atoms with van der Waals surface area (Å²) < 4.78 is 0. The summed E-state index contributed by atoms with van der Waals surface area (Å²) in [7, 11) is 0. The van der Waals surface area contributed by atoms with E-state index in [-0.39, 0.29) is 0 Å². The van der Waals surface area contributed by atoms with Crippen molar-refractivity contribution in [3.8, 4) is 0 Å². The third-order valence-electron chi connectivity index (χ3n) is 12.6. The highest BCUT2D eigenvalue weighted by molar-refractivity contribution is 5.44. The smallest absolute Gasteiger partial charge is 0.0314 e. The van der Waals surface area contributed by atoms with Gasteiger partial charge in [-0.2, -0.15) is 0 Å². The normalized spacial score (nSPS) is 12.5. The van der Waals surface area contributed by atoms with Crippen molar-refractivity contribution in [3.63, 3.8) is 0 Å². The van der Waals surface area contributed by atoms with Crippen LogP contribution in [0.3, 0.4) is 0 Å². The fourth-order valence-corrected chi connectivity index (χ4v) is 8.85. The highest BCUT2D eigenvalue weighted by atomic mass is 14.5. The number of unbranched alkanes of at least 4 members (excludes halogenated alkanes) is 20. The van der Waals surface area contributed by atoms with Crippen LogP contribution in [0.1, 0.15) is 220 Å². The zero-order valence-corrected chi connectivity index (χ0v) is 36.6. The minimum atomic E-state index is 0.471. The van der Waals surface area contributed by atoms with Crippen LogP contribution in [0, 0.1) is 0 Å². The molecule has 4 aromatic rings. The van der Waals surface area contributed by atoms with Gasteiger partial charge in [-0.3, -0.25) is 0 Å². The third-order valence-corrected chi connectivity index (χ3v) is 12.6. The monoisotopic (exact) mass is 771 g/mol. The Morgan fingerprint density at radius 2 is 0.544 bits per heavy atom. The first-order chi connectivity index (χ1) is 28.1. The van der Waals surface area contributed by atoms with Crippen molar-refractivity contribution in [1.29, 1.82) is 0 Å². The Balaban J connectivity index is 0.968. The number of benzene rings is 4. The third kappa shape index (κ3) is 18.7. The number of aryl methyl sites for hydroxylation is 2. The Hall–Kier alpha value is -3.52. The van der Waals surface area contributed by atoms with E-state index in [0.29, 0.717) is 11.8 Å². The molecule has 312 valence electrons. The maximum absolute atomic E-state index is 6.00. The minimum Gasteiger partial charge on any atom is -0.399 e. The lowest BCUT2D eigenvalue weighted by Gasteiger charge is -2.19. The van der Waals surface area contributed by atoms with Gasteiger partial charge < -0.3 is 11.5 Å². The van der Waals surface area contributed by atoms with E-state index < -0.39 is 0 Å². The van der Waals surface area contributed by atoms with E-state index in [2.05, 4.69) is 111 Å². The van der Waals surface area contributed by atoms with E-state index in [1.807, 2.05) is 0 Å². The molecular formula is C55H82N2. The summed E-state index contributed by atoms with van der Waals surface area (Å²) in [6, 6.07) is 36.3. The summed E-state index contributed by atoms with van der Waals surface area (Å²) >= 11 is 0. The van der Waals surface area contributed by atoms with Crippen LogP contribution in [-0.4, -0.2) is 0 Å². The molecule has 0 bridgehead atoms. The Morgan fingerprint density at radius 3 is 0.825 bits per heavy atom. The first-order valence-electron chi connectivity index (χ1n) is 24.0. The highest BCUT2D eigenvalue weighted by Gasteiger charge is 2.15. The summed E-state index contributed by atoms with van der Waals surface area (Å²) in [6.45, 7) is 4.58. The van der Waals surface area contributed by atoms with Crippen molar-refractivity contribution >= 4 is 11.4 Å². The van der Waals surface area contributed by atoms with Crippen LogP contribution < -0.4 is 11.5 Å². The van der Waals surface area contributed by atoms with Gasteiger partial charge in [-0.25, -0.2) is 0 Å². The average Bonchev–Trinajstić information content (AvgIpc) is 3.23. The summed E-state index contributed by atoms with van der Waals surface area (Å²) in [4.78, 5) is 0. The molecule has 0 saturated carbocycles. The largest absolute Gasteiger partial charge is 0.399 e. The van der Waals surface area contributed by atoms with Crippen LogP contribution in [0.15, 0.2) is 97.1 Å². The summed E-state index contributed by atoms with van der Waals surface area (Å²) in [6.07, 6.45) is 36.3. The number of hydrogen-bond donors (Lipinski definition) is 2. The number of rotatable bonds is 32. The molecule has 0 aromatic heterocycles. The second kappa shape index (κ2) is 28.8. The summed E-state index contributed by atoms with van der Waals surface area (Å²) in [5, 5.41) is 0. The van der Waals surface area contributed by atoms with Crippen molar-refractivity contribution in [2.75, 3.05) is 11.5 Å². The molecule has 0 aliphatic rings. The molecule has 4 N–H and O–H groups in total. The maximum Gasteiger partial charge on any atom is 0.0314 e. The van der Waals surface area contributed by atoms with Crippen molar-refractivity contribution in [1.82, 2.24) is 0 Å². The molecule has 2 unspecified atom stereocenters. The van der Waals surface area contributed by atoms with E-state index >= 15 is 0 Å². The number of anilines is 2.